The predicted molar refractivity (Wildman–Crippen MR) is 80.0 cm³/mol. The SMILES string of the molecule is CCCCn1c(CCl)nc2c(OC(C)C)cccc21. The van der Waals surface area contributed by atoms with E-state index in [1.54, 1.807) is 0 Å². The summed E-state index contributed by atoms with van der Waals surface area (Å²) in [4.78, 5) is 4.64. The van der Waals surface area contributed by atoms with E-state index in [0.717, 1.165) is 42.0 Å². The summed E-state index contributed by atoms with van der Waals surface area (Å²) in [6, 6.07) is 6.07. The Labute approximate surface area is 119 Å². The first-order valence-corrected chi connectivity index (χ1v) is 7.41. The Morgan fingerprint density at radius 2 is 2.16 bits per heavy atom. The number of hydrogen-bond acceptors (Lipinski definition) is 2. The molecule has 0 N–H and O–H groups in total. The lowest BCUT2D eigenvalue weighted by Crippen LogP contribution is -2.05. The first kappa shape index (κ1) is 14.2. The van der Waals surface area contributed by atoms with Crippen LogP contribution in [0.5, 0.6) is 5.75 Å². The standard InChI is InChI=1S/C15H21ClN2O/c1-4-5-9-18-12-7-6-8-13(19-11(2)3)15(12)17-14(18)10-16/h6-8,11H,4-5,9-10H2,1-3H3. The van der Waals surface area contributed by atoms with Crippen LogP contribution < -0.4 is 4.74 Å². The molecule has 0 atom stereocenters. The highest BCUT2D eigenvalue weighted by Gasteiger charge is 2.13. The van der Waals surface area contributed by atoms with Crippen molar-refractivity contribution < 1.29 is 4.74 Å². The molecule has 2 aromatic rings. The number of alkyl halides is 1. The van der Waals surface area contributed by atoms with E-state index >= 15 is 0 Å². The summed E-state index contributed by atoms with van der Waals surface area (Å²) in [7, 11) is 0. The van der Waals surface area contributed by atoms with Crippen molar-refractivity contribution in [1.82, 2.24) is 9.55 Å². The van der Waals surface area contributed by atoms with Crippen LogP contribution in [0.1, 0.15) is 39.4 Å². The van der Waals surface area contributed by atoms with Crippen LogP contribution in [0, 0.1) is 0 Å². The number of benzene rings is 1. The van der Waals surface area contributed by atoms with Crippen LogP contribution in [0.25, 0.3) is 11.0 Å². The number of unbranched alkanes of at least 4 members (excludes halogenated alkanes) is 1. The summed E-state index contributed by atoms with van der Waals surface area (Å²) in [6.07, 6.45) is 2.43. The molecule has 1 aromatic carbocycles. The Morgan fingerprint density at radius 3 is 2.79 bits per heavy atom. The summed E-state index contributed by atoms with van der Waals surface area (Å²) in [5.41, 5.74) is 2.03. The van der Waals surface area contributed by atoms with Crippen LogP contribution in [-0.4, -0.2) is 15.7 Å². The topological polar surface area (TPSA) is 27.1 Å². The molecule has 0 aliphatic heterocycles. The normalized spacial score (nSPS) is 11.4. The van der Waals surface area contributed by atoms with Gasteiger partial charge in [-0.1, -0.05) is 19.4 Å². The molecule has 3 nitrogen and oxygen atoms in total. The number of nitrogens with zero attached hydrogens (tertiary/aromatic N) is 2. The number of ether oxygens (including phenoxy) is 1. The maximum atomic E-state index is 6.02. The van der Waals surface area contributed by atoms with Gasteiger partial charge < -0.3 is 9.30 Å². The van der Waals surface area contributed by atoms with Crippen molar-refractivity contribution in [2.45, 2.75) is 52.1 Å². The first-order valence-electron chi connectivity index (χ1n) is 6.88. The minimum Gasteiger partial charge on any atom is -0.489 e. The van der Waals surface area contributed by atoms with Crippen LogP contribution in [-0.2, 0) is 12.4 Å². The van der Waals surface area contributed by atoms with Gasteiger partial charge in [-0.05, 0) is 32.4 Å². The molecular formula is C15H21ClN2O. The molecule has 0 aliphatic carbocycles. The third-order valence-corrected chi connectivity index (χ3v) is 3.28. The fraction of sp³-hybridized carbons (Fsp3) is 0.533. The number of fused-ring (bicyclic) bond motifs is 1. The van der Waals surface area contributed by atoms with E-state index < -0.39 is 0 Å². The van der Waals surface area contributed by atoms with Gasteiger partial charge in [-0.2, -0.15) is 0 Å². The number of rotatable bonds is 6. The number of hydrogen-bond donors (Lipinski definition) is 0. The molecule has 19 heavy (non-hydrogen) atoms. The van der Waals surface area contributed by atoms with Gasteiger partial charge in [0, 0.05) is 6.54 Å². The van der Waals surface area contributed by atoms with Gasteiger partial charge in [-0.25, -0.2) is 4.98 Å². The Hall–Kier alpha value is -1.22. The fourth-order valence-corrected chi connectivity index (χ4v) is 2.39. The molecule has 0 spiro atoms. The van der Waals surface area contributed by atoms with E-state index in [-0.39, 0.29) is 6.10 Å². The molecule has 0 amide bonds. The quantitative estimate of drug-likeness (QED) is 0.735. The van der Waals surface area contributed by atoms with Crippen molar-refractivity contribution >= 4 is 22.6 Å². The Kier molecular flexibility index (Phi) is 4.70. The van der Waals surface area contributed by atoms with Gasteiger partial charge in [0.15, 0.2) is 0 Å². The molecule has 0 saturated heterocycles. The fourth-order valence-electron chi connectivity index (χ4n) is 2.19. The predicted octanol–water partition coefficient (Wildman–Crippen LogP) is 4.36. The lowest BCUT2D eigenvalue weighted by Gasteiger charge is -2.10. The van der Waals surface area contributed by atoms with Crippen LogP contribution in [0.3, 0.4) is 0 Å². The van der Waals surface area contributed by atoms with Crippen molar-refractivity contribution in [1.29, 1.82) is 0 Å². The smallest absolute Gasteiger partial charge is 0.147 e. The van der Waals surface area contributed by atoms with Crippen LogP contribution in [0.4, 0.5) is 0 Å². The van der Waals surface area contributed by atoms with E-state index in [9.17, 15) is 0 Å². The average Bonchev–Trinajstić information content (AvgIpc) is 2.74. The van der Waals surface area contributed by atoms with Gasteiger partial charge in [-0.3, -0.25) is 0 Å². The number of para-hydroxylation sites is 1. The molecule has 0 aliphatic rings. The molecule has 104 valence electrons. The minimum atomic E-state index is 0.144. The number of aryl methyl sites for hydroxylation is 1. The van der Waals surface area contributed by atoms with Crippen LogP contribution in [0.2, 0.25) is 0 Å². The molecular weight excluding hydrogens is 260 g/mol. The van der Waals surface area contributed by atoms with Gasteiger partial charge in [0.05, 0.1) is 17.5 Å². The number of halogens is 1. The first-order chi connectivity index (χ1) is 9.17. The molecule has 0 fully saturated rings. The molecule has 0 bridgehead atoms. The van der Waals surface area contributed by atoms with Crippen molar-refractivity contribution in [2.24, 2.45) is 0 Å². The highest BCUT2D eigenvalue weighted by Crippen LogP contribution is 2.27. The van der Waals surface area contributed by atoms with Gasteiger partial charge in [0.1, 0.15) is 17.1 Å². The van der Waals surface area contributed by atoms with Crippen molar-refractivity contribution in [3.8, 4) is 5.75 Å². The van der Waals surface area contributed by atoms with Crippen molar-refractivity contribution in [3.63, 3.8) is 0 Å². The van der Waals surface area contributed by atoms with E-state index in [2.05, 4.69) is 22.5 Å². The Balaban J connectivity index is 2.49. The second kappa shape index (κ2) is 6.29. The summed E-state index contributed by atoms with van der Waals surface area (Å²) in [5.74, 6) is 2.19. The van der Waals surface area contributed by atoms with Gasteiger partial charge in [0.25, 0.3) is 0 Å². The highest BCUT2D eigenvalue weighted by molar-refractivity contribution is 6.16. The zero-order valence-corrected chi connectivity index (χ0v) is 12.6. The van der Waals surface area contributed by atoms with Crippen molar-refractivity contribution in [3.05, 3.63) is 24.0 Å². The zero-order valence-electron chi connectivity index (χ0n) is 11.8. The molecule has 0 unspecified atom stereocenters. The van der Waals surface area contributed by atoms with E-state index in [4.69, 9.17) is 16.3 Å². The Bertz CT molecular complexity index is 548. The molecule has 1 heterocycles. The lowest BCUT2D eigenvalue weighted by atomic mass is 10.2. The minimum absolute atomic E-state index is 0.144. The van der Waals surface area contributed by atoms with Gasteiger partial charge in [-0.15, -0.1) is 11.6 Å². The molecule has 1 aromatic heterocycles. The zero-order chi connectivity index (χ0) is 13.8. The summed E-state index contributed by atoms with van der Waals surface area (Å²) >= 11 is 6.02. The van der Waals surface area contributed by atoms with Crippen LogP contribution in [0.15, 0.2) is 18.2 Å². The lowest BCUT2D eigenvalue weighted by molar-refractivity contribution is 0.245. The third-order valence-electron chi connectivity index (χ3n) is 3.04. The number of aromatic nitrogens is 2. The third kappa shape index (κ3) is 3.03. The van der Waals surface area contributed by atoms with E-state index in [1.165, 1.54) is 0 Å². The largest absolute Gasteiger partial charge is 0.489 e. The summed E-state index contributed by atoms with van der Waals surface area (Å²) < 4.78 is 8.03. The van der Waals surface area contributed by atoms with E-state index in [1.807, 2.05) is 26.0 Å². The average molecular weight is 281 g/mol. The van der Waals surface area contributed by atoms with Gasteiger partial charge in [0.2, 0.25) is 0 Å². The van der Waals surface area contributed by atoms with Crippen LogP contribution >= 0.6 is 11.6 Å². The molecule has 0 radical (unpaired) electrons. The number of imidazole rings is 1. The van der Waals surface area contributed by atoms with Crippen molar-refractivity contribution in [2.75, 3.05) is 0 Å². The summed E-state index contributed by atoms with van der Waals surface area (Å²) in [5, 5.41) is 0. The molecule has 0 saturated carbocycles. The van der Waals surface area contributed by atoms with E-state index in [0.29, 0.717) is 5.88 Å². The highest BCUT2D eigenvalue weighted by atomic mass is 35.5. The Morgan fingerprint density at radius 1 is 1.37 bits per heavy atom. The van der Waals surface area contributed by atoms with Gasteiger partial charge >= 0.3 is 0 Å². The molecule has 2 rings (SSSR count). The second-order valence-corrected chi connectivity index (χ2v) is 5.22. The summed E-state index contributed by atoms with van der Waals surface area (Å²) in [6.45, 7) is 7.19. The second-order valence-electron chi connectivity index (χ2n) is 4.96. The maximum absolute atomic E-state index is 6.02. The maximum Gasteiger partial charge on any atom is 0.147 e. The molecule has 4 heteroatoms. The monoisotopic (exact) mass is 280 g/mol.